The fourth-order valence-corrected chi connectivity index (χ4v) is 1.09. The molecule has 1 aromatic carbocycles. The highest BCUT2D eigenvalue weighted by atomic mass is 19.1. The van der Waals surface area contributed by atoms with Crippen molar-refractivity contribution < 1.29 is 13.6 Å². The maximum Gasteiger partial charge on any atom is 0.225 e. The Labute approximate surface area is 86.5 Å². The Hall–Kier alpha value is -1.49. The molecule has 0 aliphatic rings. The number of anilines is 1. The molecule has 0 spiro atoms. The lowest BCUT2D eigenvalue weighted by Crippen LogP contribution is -2.18. The second-order valence-corrected chi connectivity index (χ2v) is 3.06. The topological polar surface area (TPSA) is 41.1 Å². The lowest BCUT2D eigenvalue weighted by molar-refractivity contribution is -0.116. The Bertz CT molecular complexity index is 335. The molecule has 0 aliphatic carbocycles. The van der Waals surface area contributed by atoms with Crippen molar-refractivity contribution in [2.24, 2.45) is 0 Å². The zero-order valence-corrected chi connectivity index (χ0v) is 8.31. The highest BCUT2D eigenvalue weighted by Crippen LogP contribution is 2.12. The van der Waals surface area contributed by atoms with Crippen LogP contribution in [0, 0.1) is 11.6 Å². The molecule has 82 valence electrons. The molecule has 0 unspecified atom stereocenters. The molecule has 0 fully saturated rings. The third-order valence-corrected chi connectivity index (χ3v) is 1.75. The van der Waals surface area contributed by atoms with Crippen molar-refractivity contribution in [2.45, 2.75) is 6.42 Å². The number of carbonyl (C=O) groups excluding carboxylic acids is 1. The van der Waals surface area contributed by atoms with E-state index in [1.807, 2.05) is 0 Å². The molecule has 0 radical (unpaired) electrons. The molecular weight excluding hydrogens is 202 g/mol. The first-order valence-corrected chi connectivity index (χ1v) is 4.52. The van der Waals surface area contributed by atoms with Crippen LogP contribution >= 0.6 is 0 Å². The molecule has 0 bridgehead atoms. The average Bonchev–Trinajstić information content (AvgIpc) is 2.13. The molecule has 1 amide bonds. The number of carbonyl (C=O) groups is 1. The van der Waals surface area contributed by atoms with Gasteiger partial charge in [0.1, 0.15) is 11.6 Å². The molecule has 0 aliphatic heterocycles. The summed E-state index contributed by atoms with van der Waals surface area (Å²) in [6.45, 7) is 0.517. The number of hydrogen-bond acceptors (Lipinski definition) is 2. The molecular formula is C10H12F2N2O. The summed E-state index contributed by atoms with van der Waals surface area (Å²) in [4.78, 5) is 11.2. The van der Waals surface area contributed by atoms with E-state index < -0.39 is 11.6 Å². The number of benzene rings is 1. The van der Waals surface area contributed by atoms with Crippen LogP contribution in [0.25, 0.3) is 0 Å². The summed E-state index contributed by atoms with van der Waals surface area (Å²) in [5.41, 5.74) is 0.133. The van der Waals surface area contributed by atoms with E-state index in [-0.39, 0.29) is 18.0 Å². The van der Waals surface area contributed by atoms with Gasteiger partial charge in [-0.1, -0.05) is 0 Å². The predicted molar refractivity (Wildman–Crippen MR) is 53.5 cm³/mol. The van der Waals surface area contributed by atoms with E-state index >= 15 is 0 Å². The molecule has 5 heteroatoms. The molecule has 2 N–H and O–H groups in total. The van der Waals surface area contributed by atoms with Crippen LogP contribution in [0.1, 0.15) is 6.42 Å². The fourth-order valence-electron chi connectivity index (χ4n) is 1.09. The third-order valence-electron chi connectivity index (χ3n) is 1.75. The molecule has 0 saturated heterocycles. The normalized spacial score (nSPS) is 10.1. The third kappa shape index (κ3) is 4.03. The van der Waals surface area contributed by atoms with E-state index in [1.54, 1.807) is 7.05 Å². The van der Waals surface area contributed by atoms with Gasteiger partial charge in [-0.2, -0.15) is 0 Å². The second kappa shape index (κ2) is 5.41. The number of halogens is 2. The van der Waals surface area contributed by atoms with Crippen LogP contribution < -0.4 is 10.6 Å². The molecule has 0 heterocycles. The predicted octanol–water partition coefficient (Wildman–Crippen LogP) is 1.51. The summed E-state index contributed by atoms with van der Waals surface area (Å²) >= 11 is 0. The van der Waals surface area contributed by atoms with Crippen molar-refractivity contribution in [2.75, 3.05) is 18.9 Å². The van der Waals surface area contributed by atoms with Crippen LogP contribution in [-0.2, 0) is 4.79 Å². The Morgan fingerprint density at radius 1 is 1.27 bits per heavy atom. The number of amides is 1. The first-order chi connectivity index (χ1) is 7.11. The van der Waals surface area contributed by atoms with Gasteiger partial charge in [-0.15, -0.1) is 0 Å². The van der Waals surface area contributed by atoms with Gasteiger partial charge in [-0.05, 0) is 19.2 Å². The van der Waals surface area contributed by atoms with Crippen LogP contribution in [0.2, 0.25) is 0 Å². The minimum Gasteiger partial charge on any atom is -0.326 e. The van der Waals surface area contributed by atoms with Gasteiger partial charge < -0.3 is 10.6 Å². The minimum atomic E-state index is -0.709. The molecule has 3 nitrogen and oxygen atoms in total. The van der Waals surface area contributed by atoms with Gasteiger partial charge in [0.15, 0.2) is 0 Å². The van der Waals surface area contributed by atoms with Gasteiger partial charge >= 0.3 is 0 Å². The standard InChI is InChI=1S/C10H12F2N2O/c1-13-3-2-10(15)14-9-5-7(11)4-8(12)6-9/h4-6,13H,2-3H2,1H3,(H,14,15). The Balaban J connectivity index is 2.60. The zero-order chi connectivity index (χ0) is 11.3. The van der Waals surface area contributed by atoms with Crippen LogP contribution in [0.15, 0.2) is 18.2 Å². The van der Waals surface area contributed by atoms with Gasteiger partial charge in [0.25, 0.3) is 0 Å². The van der Waals surface area contributed by atoms with E-state index in [9.17, 15) is 13.6 Å². The zero-order valence-electron chi connectivity index (χ0n) is 8.31. The monoisotopic (exact) mass is 214 g/mol. The quantitative estimate of drug-likeness (QED) is 0.797. The Kier molecular flexibility index (Phi) is 4.17. The summed E-state index contributed by atoms with van der Waals surface area (Å²) in [7, 11) is 1.72. The fraction of sp³-hybridized carbons (Fsp3) is 0.300. The van der Waals surface area contributed by atoms with E-state index in [4.69, 9.17) is 0 Å². The molecule has 0 aromatic heterocycles. The molecule has 1 aromatic rings. The van der Waals surface area contributed by atoms with Gasteiger partial charge in [0, 0.05) is 24.7 Å². The smallest absolute Gasteiger partial charge is 0.225 e. The number of rotatable bonds is 4. The van der Waals surface area contributed by atoms with Gasteiger partial charge in [-0.3, -0.25) is 4.79 Å². The number of nitrogens with one attached hydrogen (secondary N) is 2. The van der Waals surface area contributed by atoms with Crippen molar-refractivity contribution in [3.8, 4) is 0 Å². The average molecular weight is 214 g/mol. The molecule has 0 atom stereocenters. The Morgan fingerprint density at radius 2 is 1.87 bits per heavy atom. The molecule has 15 heavy (non-hydrogen) atoms. The minimum absolute atomic E-state index is 0.133. The van der Waals surface area contributed by atoms with E-state index in [1.165, 1.54) is 0 Å². The summed E-state index contributed by atoms with van der Waals surface area (Å²) < 4.78 is 25.5. The van der Waals surface area contributed by atoms with Crippen molar-refractivity contribution in [1.29, 1.82) is 0 Å². The maximum absolute atomic E-state index is 12.7. The van der Waals surface area contributed by atoms with Gasteiger partial charge in [0.05, 0.1) is 0 Å². The summed E-state index contributed by atoms with van der Waals surface area (Å²) in [5, 5.41) is 5.20. The van der Waals surface area contributed by atoms with Crippen LogP contribution in [0.3, 0.4) is 0 Å². The highest BCUT2D eigenvalue weighted by molar-refractivity contribution is 5.90. The maximum atomic E-state index is 12.7. The van der Waals surface area contributed by atoms with Crippen LogP contribution in [0.4, 0.5) is 14.5 Å². The van der Waals surface area contributed by atoms with Gasteiger partial charge in [-0.25, -0.2) is 8.78 Å². The van der Waals surface area contributed by atoms with Gasteiger partial charge in [0.2, 0.25) is 5.91 Å². The largest absolute Gasteiger partial charge is 0.326 e. The van der Waals surface area contributed by atoms with Crippen LogP contribution in [0.5, 0.6) is 0 Å². The number of hydrogen-bond donors (Lipinski definition) is 2. The lowest BCUT2D eigenvalue weighted by atomic mass is 10.3. The first kappa shape index (κ1) is 11.6. The first-order valence-electron chi connectivity index (χ1n) is 4.52. The highest BCUT2D eigenvalue weighted by Gasteiger charge is 2.04. The van der Waals surface area contributed by atoms with E-state index in [0.29, 0.717) is 6.54 Å². The van der Waals surface area contributed by atoms with Crippen molar-refractivity contribution in [1.82, 2.24) is 5.32 Å². The molecule has 1 rings (SSSR count). The second-order valence-electron chi connectivity index (χ2n) is 3.06. The summed E-state index contributed by atoms with van der Waals surface area (Å²) in [6, 6.07) is 2.89. The molecule has 0 saturated carbocycles. The SMILES string of the molecule is CNCCC(=O)Nc1cc(F)cc(F)c1. The van der Waals surface area contributed by atoms with Crippen molar-refractivity contribution in [3.63, 3.8) is 0 Å². The summed E-state index contributed by atoms with van der Waals surface area (Å²) in [6.07, 6.45) is 0.259. The van der Waals surface area contributed by atoms with Crippen LogP contribution in [-0.4, -0.2) is 19.5 Å². The van der Waals surface area contributed by atoms with Crippen molar-refractivity contribution >= 4 is 11.6 Å². The lowest BCUT2D eigenvalue weighted by Gasteiger charge is -2.05. The van der Waals surface area contributed by atoms with E-state index in [0.717, 1.165) is 18.2 Å². The van der Waals surface area contributed by atoms with E-state index in [2.05, 4.69) is 10.6 Å². The van der Waals surface area contributed by atoms with Crippen molar-refractivity contribution in [3.05, 3.63) is 29.8 Å². The Morgan fingerprint density at radius 3 is 2.40 bits per heavy atom. The summed E-state index contributed by atoms with van der Waals surface area (Å²) in [5.74, 6) is -1.70.